The van der Waals surface area contributed by atoms with Crippen molar-refractivity contribution in [1.82, 2.24) is 20.3 Å². The molecule has 0 aliphatic carbocycles. The number of nitrogens with zero attached hydrogens (tertiary/aromatic N) is 3. The van der Waals surface area contributed by atoms with E-state index in [0.717, 1.165) is 43.5 Å². The topological polar surface area (TPSA) is 50.7 Å². The maximum Gasteiger partial charge on any atom is 0.0602 e. The average molecular weight is 373 g/mol. The number of rotatable bonds is 6. The molecule has 1 aliphatic rings. The van der Waals surface area contributed by atoms with Crippen LogP contribution < -0.4 is 5.32 Å². The predicted octanol–water partition coefficient (Wildman–Crippen LogP) is 4.91. The van der Waals surface area contributed by atoms with Crippen LogP contribution in [0.2, 0.25) is 0 Å². The van der Waals surface area contributed by atoms with E-state index in [9.17, 15) is 0 Å². The van der Waals surface area contributed by atoms with Crippen LogP contribution in [-0.2, 0) is 12.8 Å². The Morgan fingerprint density at radius 1 is 0.857 bits per heavy atom. The van der Waals surface area contributed by atoms with Crippen molar-refractivity contribution in [3.8, 4) is 0 Å². The standard InChI is InChI=1S/C24H28N4/c1-18-8-7-17-26-24(18)23-15-6-14-22(28-23)21-13-5-12-20(27-21)11-4-10-19-9-2-3-16-25-19/h2-3,5,7-9,12-13,16-17,22-23,28H,4,6,10-11,14-15H2,1H3. The summed E-state index contributed by atoms with van der Waals surface area (Å²) in [6.45, 7) is 2.15. The van der Waals surface area contributed by atoms with E-state index >= 15 is 0 Å². The van der Waals surface area contributed by atoms with Crippen LogP contribution in [0.15, 0.2) is 60.9 Å². The zero-order chi connectivity index (χ0) is 19.2. The van der Waals surface area contributed by atoms with Crippen molar-refractivity contribution in [2.75, 3.05) is 0 Å². The molecule has 1 aliphatic heterocycles. The lowest BCUT2D eigenvalue weighted by Gasteiger charge is -2.31. The zero-order valence-electron chi connectivity index (χ0n) is 16.5. The number of pyridine rings is 3. The fourth-order valence-electron chi connectivity index (χ4n) is 4.08. The highest BCUT2D eigenvalue weighted by molar-refractivity contribution is 5.23. The van der Waals surface area contributed by atoms with Crippen molar-refractivity contribution in [1.29, 1.82) is 0 Å². The Kier molecular flexibility index (Phi) is 6.07. The predicted molar refractivity (Wildman–Crippen MR) is 112 cm³/mol. The lowest BCUT2D eigenvalue weighted by atomic mass is 9.92. The third-order valence-electron chi connectivity index (χ3n) is 5.55. The van der Waals surface area contributed by atoms with Gasteiger partial charge in [-0.1, -0.05) is 18.2 Å². The van der Waals surface area contributed by atoms with Crippen molar-refractivity contribution in [2.45, 2.75) is 57.5 Å². The van der Waals surface area contributed by atoms with Crippen molar-refractivity contribution in [2.24, 2.45) is 0 Å². The van der Waals surface area contributed by atoms with Gasteiger partial charge in [0.2, 0.25) is 0 Å². The molecular formula is C24H28N4. The number of hydrogen-bond donors (Lipinski definition) is 1. The van der Waals surface area contributed by atoms with E-state index in [4.69, 9.17) is 4.98 Å². The fraction of sp³-hybridized carbons (Fsp3) is 0.375. The van der Waals surface area contributed by atoms with Crippen LogP contribution in [-0.4, -0.2) is 15.0 Å². The van der Waals surface area contributed by atoms with Gasteiger partial charge in [0.05, 0.1) is 17.4 Å². The Labute approximate surface area is 167 Å². The van der Waals surface area contributed by atoms with E-state index in [1.807, 2.05) is 24.5 Å². The first-order valence-corrected chi connectivity index (χ1v) is 10.3. The zero-order valence-corrected chi connectivity index (χ0v) is 16.5. The minimum atomic E-state index is 0.302. The molecule has 4 nitrogen and oxygen atoms in total. The summed E-state index contributed by atoms with van der Waals surface area (Å²) in [5.41, 5.74) is 5.93. The van der Waals surface area contributed by atoms with Gasteiger partial charge in [0.25, 0.3) is 0 Å². The summed E-state index contributed by atoms with van der Waals surface area (Å²) >= 11 is 0. The van der Waals surface area contributed by atoms with Gasteiger partial charge < -0.3 is 5.32 Å². The smallest absolute Gasteiger partial charge is 0.0602 e. The largest absolute Gasteiger partial charge is 0.300 e. The van der Waals surface area contributed by atoms with Crippen LogP contribution in [0.25, 0.3) is 0 Å². The lowest BCUT2D eigenvalue weighted by Crippen LogP contribution is -2.32. The molecule has 0 bridgehead atoms. The highest BCUT2D eigenvalue weighted by Crippen LogP contribution is 2.32. The molecule has 2 unspecified atom stereocenters. The second kappa shape index (κ2) is 9.07. The molecule has 4 heterocycles. The van der Waals surface area contributed by atoms with E-state index in [1.165, 1.54) is 23.4 Å². The summed E-state index contributed by atoms with van der Waals surface area (Å²) < 4.78 is 0. The van der Waals surface area contributed by atoms with Gasteiger partial charge in [0.15, 0.2) is 0 Å². The minimum Gasteiger partial charge on any atom is -0.300 e. The molecule has 3 aromatic heterocycles. The van der Waals surface area contributed by atoms with Gasteiger partial charge in [-0.15, -0.1) is 0 Å². The van der Waals surface area contributed by atoms with E-state index in [2.05, 4.69) is 58.6 Å². The highest BCUT2D eigenvalue weighted by atomic mass is 15.0. The first-order valence-electron chi connectivity index (χ1n) is 10.3. The maximum absolute atomic E-state index is 4.97. The summed E-state index contributed by atoms with van der Waals surface area (Å²) in [6, 6.07) is 17.3. The molecule has 0 radical (unpaired) electrons. The van der Waals surface area contributed by atoms with Crippen molar-refractivity contribution < 1.29 is 0 Å². The molecule has 4 heteroatoms. The summed E-state index contributed by atoms with van der Waals surface area (Å²) in [4.78, 5) is 14.0. The summed E-state index contributed by atoms with van der Waals surface area (Å²) in [6.07, 6.45) is 10.3. The summed E-state index contributed by atoms with van der Waals surface area (Å²) in [7, 11) is 0. The maximum atomic E-state index is 4.97. The molecule has 0 spiro atoms. The molecular weight excluding hydrogens is 344 g/mol. The van der Waals surface area contributed by atoms with Gasteiger partial charge in [-0.3, -0.25) is 15.0 Å². The monoisotopic (exact) mass is 372 g/mol. The molecule has 28 heavy (non-hydrogen) atoms. The number of aryl methyl sites for hydroxylation is 3. The first kappa shape index (κ1) is 18.8. The summed E-state index contributed by atoms with van der Waals surface area (Å²) in [5.74, 6) is 0. The van der Waals surface area contributed by atoms with Crippen LogP contribution in [0.1, 0.15) is 66.1 Å². The van der Waals surface area contributed by atoms with E-state index < -0.39 is 0 Å². The molecule has 1 N–H and O–H groups in total. The SMILES string of the molecule is Cc1cccnc1C1CCCC(c2cccc(CCCc3ccccn3)n2)N1. The molecule has 0 amide bonds. The highest BCUT2D eigenvalue weighted by Gasteiger charge is 2.26. The normalized spacial score (nSPS) is 19.5. The van der Waals surface area contributed by atoms with Gasteiger partial charge in [-0.25, -0.2) is 0 Å². The van der Waals surface area contributed by atoms with Gasteiger partial charge in [-0.2, -0.15) is 0 Å². The lowest BCUT2D eigenvalue weighted by molar-refractivity contribution is 0.320. The molecule has 3 aromatic rings. The Morgan fingerprint density at radius 2 is 1.68 bits per heavy atom. The van der Waals surface area contributed by atoms with Gasteiger partial charge in [-0.05, 0) is 81.3 Å². The van der Waals surface area contributed by atoms with Crippen molar-refractivity contribution in [3.05, 3.63) is 89.3 Å². The van der Waals surface area contributed by atoms with Crippen LogP contribution >= 0.6 is 0 Å². The third kappa shape index (κ3) is 4.63. The van der Waals surface area contributed by atoms with E-state index in [-0.39, 0.29) is 0 Å². The third-order valence-corrected chi connectivity index (χ3v) is 5.55. The fourth-order valence-corrected chi connectivity index (χ4v) is 4.08. The van der Waals surface area contributed by atoms with Crippen molar-refractivity contribution >= 4 is 0 Å². The second-order valence-corrected chi connectivity index (χ2v) is 7.64. The molecule has 0 aromatic carbocycles. The summed E-state index contributed by atoms with van der Waals surface area (Å²) in [5, 5.41) is 3.80. The average Bonchev–Trinajstić information content (AvgIpc) is 2.75. The number of nitrogens with one attached hydrogen (secondary N) is 1. The molecule has 1 saturated heterocycles. The van der Waals surface area contributed by atoms with Crippen molar-refractivity contribution in [3.63, 3.8) is 0 Å². The number of hydrogen-bond acceptors (Lipinski definition) is 4. The first-order chi connectivity index (χ1) is 13.8. The Hall–Kier alpha value is -2.59. The molecule has 2 atom stereocenters. The van der Waals surface area contributed by atoms with Crippen LogP contribution in [0.3, 0.4) is 0 Å². The molecule has 1 fully saturated rings. The number of piperidine rings is 1. The Balaban J connectivity index is 1.40. The number of aromatic nitrogens is 3. The second-order valence-electron chi connectivity index (χ2n) is 7.64. The molecule has 0 saturated carbocycles. The quantitative estimate of drug-likeness (QED) is 0.668. The minimum absolute atomic E-state index is 0.302. The molecule has 144 valence electrons. The van der Waals surface area contributed by atoms with Gasteiger partial charge in [0, 0.05) is 29.8 Å². The van der Waals surface area contributed by atoms with Gasteiger partial charge in [0.1, 0.15) is 0 Å². The van der Waals surface area contributed by atoms with Crippen LogP contribution in [0.4, 0.5) is 0 Å². The van der Waals surface area contributed by atoms with E-state index in [0.29, 0.717) is 12.1 Å². The van der Waals surface area contributed by atoms with Gasteiger partial charge >= 0.3 is 0 Å². The van der Waals surface area contributed by atoms with Crippen LogP contribution in [0, 0.1) is 6.92 Å². The van der Waals surface area contributed by atoms with E-state index in [1.54, 1.807) is 0 Å². The van der Waals surface area contributed by atoms with Crippen LogP contribution in [0.5, 0.6) is 0 Å². The molecule has 4 rings (SSSR count). The Morgan fingerprint density at radius 3 is 2.54 bits per heavy atom. The Bertz CT molecular complexity index is 894.